The van der Waals surface area contributed by atoms with Crippen molar-refractivity contribution in [1.82, 2.24) is 5.32 Å². The highest BCUT2D eigenvalue weighted by Crippen LogP contribution is 2.23. The van der Waals surface area contributed by atoms with E-state index in [0.717, 1.165) is 24.8 Å². The van der Waals surface area contributed by atoms with Crippen LogP contribution in [0.15, 0.2) is 18.2 Å². The molecule has 1 heterocycles. The van der Waals surface area contributed by atoms with E-state index < -0.39 is 0 Å². The van der Waals surface area contributed by atoms with Gasteiger partial charge in [-0.2, -0.15) is 0 Å². The largest absolute Gasteiger partial charge is 0.381 e. The molecule has 1 aliphatic heterocycles. The van der Waals surface area contributed by atoms with Crippen LogP contribution in [-0.2, 0) is 28.8 Å². The highest BCUT2D eigenvalue weighted by atomic mass is 35.5. The maximum atomic E-state index is 12.4. The molecular weight excluding hydrogens is 312 g/mol. The second-order valence-electron chi connectivity index (χ2n) is 6.63. The fourth-order valence-electron chi connectivity index (χ4n) is 3.56. The number of ether oxygens (including phenoxy) is 1. The normalized spacial score (nSPS) is 19.3. The van der Waals surface area contributed by atoms with Gasteiger partial charge in [-0.05, 0) is 55.2 Å². The number of hydrogen-bond acceptors (Lipinski definition) is 3. The van der Waals surface area contributed by atoms with Crippen molar-refractivity contribution in [1.29, 1.82) is 0 Å². The van der Waals surface area contributed by atoms with Crippen molar-refractivity contribution in [3.05, 3.63) is 34.9 Å². The maximum absolute atomic E-state index is 12.4. The Morgan fingerprint density at radius 1 is 1.17 bits per heavy atom. The van der Waals surface area contributed by atoms with Gasteiger partial charge in [0.1, 0.15) is 0 Å². The number of fused-ring (bicyclic) bond motifs is 1. The number of rotatable bonds is 4. The average Bonchev–Trinajstić information content (AvgIpc) is 2.55. The molecule has 1 saturated heterocycles. The van der Waals surface area contributed by atoms with E-state index >= 15 is 0 Å². The van der Waals surface area contributed by atoms with Crippen LogP contribution in [-0.4, -0.2) is 31.2 Å². The first-order valence-electron chi connectivity index (χ1n) is 8.40. The van der Waals surface area contributed by atoms with Gasteiger partial charge in [-0.3, -0.25) is 4.79 Å². The van der Waals surface area contributed by atoms with Crippen molar-refractivity contribution in [3.8, 4) is 0 Å². The monoisotopic (exact) mass is 338 g/mol. The van der Waals surface area contributed by atoms with E-state index in [1.807, 2.05) is 0 Å². The minimum absolute atomic E-state index is 0. The van der Waals surface area contributed by atoms with Crippen LogP contribution in [0.1, 0.15) is 42.4 Å². The number of benzene rings is 1. The summed E-state index contributed by atoms with van der Waals surface area (Å²) in [5.74, 6) is 0.0723. The summed E-state index contributed by atoms with van der Waals surface area (Å²) in [6.45, 7) is 1.83. The molecular formula is C18H27ClN2O2. The van der Waals surface area contributed by atoms with Gasteiger partial charge in [0.15, 0.2) is 0 Å². The first-order valence-corrected chi connectivity index (χ1v) is 8.40. The highest BCUT2D eigenvalue weighted by Gasteiger charge is 2.32. The van der Waals surface area contributed by atoms with E-state index in [2.05, 4.69) is 23.5 Å². The predicted molar refractivity (Wildman–Crippen MR) is 94.0 cm³/mol. The molecule has 3 rings (SSSR count). The highest BCUT2D eigenvalue weighted by molar-refractivity contribution is 5.85. The number of aryl methyl sites for hydroxylation is 2. The zero-order valence-corrected chi connectivity index (χ0v) is 14.4. The molecule has 5 heteroatoms. The van der Waals surface area contributed by atoms with Gasteiger partial charge >= 0.3 is 0 Å². The van der Waals surface area contributed by atoms with E-state index in [1.165, 1.54) is 30.4 Å². The van der Waals surface area contributed by atoms with E-state index in [-0.39, 0.29) is 23.9 Å². The van der Waals surface area contributed by atoms with Gasteiger partial charge in [0, 0.05) is 19.8 Å². The van der Waals surface area contributed by atoms with Gasteiger partial charge in [0.05, 0.1) is 12.0 Å². The second-order valence-corrected chi connectivity index (χ2v) is 6.63. The number of hydrogen-bond donors (Lipinski definition) is 2. The number of amides is 1. The van der Waals surface area contributed by atoms with Crippen molar-refractivity contribution >= 4 is 18.3 Å². The van der Waals surface area contributed by atoms with Crippen LogP contribution in [0.4, 0.5) is 0 Å². The van der Waals surface area contributed by atoms with Crippen molar-refractivity contribution in [2.45, 2.75) is 50.5 Å². The van der Waals surface area contributed by atoms with Crippen LogP contribution in [0.25, 0.3) is 0 Å². The molecule has 3 N–H and O–H groups in total. The molecule has 1 aromatic carbocycles. The zero-order valence-electron chi connectivity index (χ0n) is 13.6. The molecule has 1 aliphatic carbocycles. The molecule has 0 radical (unpaired) electrons. The number of nitrogens with one attached hydrogen (secondary N) is 1. The fraction of sp³-hybridized carbons (Fsp3) is 0.611. The summed E-state index contributed by atoms with van der Waals surface area (Å²) in [7, 11) is 0. The van der Waals surface area contributed by atoms with E-state index in [9.17, 15) is 4.79 Å². The second kappa shape index (κ2) is 8.13. The topological polar surface area (TPSA) is 64.3 Å². The third kappa shape index (κ3) is 4.46. The van der Waals surface area contributed by atoms with Crippen LogP contribution in [0.5, 0.6) is 0 Å². The van der Waals surface area contributed by atoms with Crippen LogP contribution in [0.3, 0.4) is 0 Å². The van der Waals surface area contributed by atoms with E-state index in [1.54, 1.807) is 0 Å². The number of halogens is 1. The summed E-state index contributed by atoms with van der Waals surface area (Å²) in [6.07, 6.45) is 6.93. The lowest BCUT2D eigenvalue weighted by Gasteiger charge is -2.37. The van der Waals surface area contributed by atoms with Crippen LogP contribution in [0.2, 0.25) is 0 Å². The Hall–Kier alpha value is -1.10. The summed E-state index contributed by atoms with van der Waals surface area (Å²) < 4.78 is 5.38. The number of carbonyl (C=O) groups excluding carboxylic acids is 1. The van der Waals surface area contributed by atoms with Gasteiger partial charge in [0.25, 0.3) is 0 Å². The smallest absolute Gasteiger partial charge is 0.224 e. The average molecular weight is 339 g/mol. The lowest BCUT2D eigenvalue weighted by atomic mass is 9.88. The molecule has 23 heavy (non-hydrogen) atoms. The Labute approximate surface area is 144 Å². The van der Waals surface area contributed by atoms with Gasteiger partial charge in [0.2, 0.25) is 5.91 Å². The Bertz CT molecular complexity index is 542. The molecule has 0 atom stereocenters. The molecule has 0 saturated carbocycles. The maximum Gasteiger partial charge on any atom is 0.224 e. The molecule has 0 unspecified atom stereocenters. The van der Waals surface area contributed by atoms with Gasteiger partial charge < -0.3 is 15.8 Å². The Morgan fingerprint density at radius 3 is 2.57 bits per heavy atom. The molecule has 0 spiro atoms. The Balaban J connectivity index is 0.00000192. The molecule has 0 bridgehead atoms. The SMILES string of the molecule is Cl.NCC1(NC(=O)Cc2ccc3c(c2)CCCC3)CCOCC1. The minimum atomic E-state index is -0.274. The summed E-state index contributed by atoms with van der Waals surface area (Å²) >= 11 is 0. The predicted octanol–water partition coefficient (Wildman–Crippen LogP) is 2.15. The molecule has 1 amide bonds. The molecule has 128 valence electrons. The summed E-state index contributed by atoms with van der Waals surface area (Å²) in [4.78, 5) is 12.4. The van der Waals surface area contributed by atoms with E-state index in [0.29, 0.717) is 26.2 Å². The van der Waals surface area contributed by atoms with Crippen LogP contribution in [0, 0.1) is 0 Å². The zero-order chi connectivity index (χ0) is 15.4. The van der Waals surface area contributed by atoms with Crippen LogP contribution < -0.4 is 11.1 Å². The van der Waals surface area contributed by atoms with Crippen LogP contribution >= 0.6 is 12.4 Å². The lowest BCUT2D eigenvalue weighted by Crippen LogP contribution is -2.57. The van der Waals surface area contributed by atoms with Gasteiger partial charge in [-0.25, -0.2) is 0 Å². The molecule has 0 aromatic heterocycles. The quantitative estimate of drug-likeness (QED) is 0.884. The molecule has 4 nitrogen and oxygen atoms in total. The summed E-state index contributed by atoms with van der Waals surface area (Å²) in [5.41, 5.74) is 9.62. The van der Waals surface area contributed by atoms with Crippen molar-refractivity contribution in [3.63, 3.8) is 0 Å². The number of carbonyl (C=O) groups is 1. The first kappa shape index (κ1) is 18.2. The number of nitrogens with two attached hydrogens (primary N) is 1. The lowest BCUT2D eigenvalue weighted by molar-refractivity contribution is -0.123. The third-order valence-corrected chi connectivity index (χ3v) is 5.02. The Kier molecular flexibility index (Phi) is 6.45. The Morgan fingerprint density at radius 2 is 1.87 bits per heavy atom. The molecule has 1 aromatic rings. The standard InChI is InChI=1S/C18H26N2O2.ClH/c19-13-18(7-9-22-10-8-18)20-17(21)12-14-5-6-15-3-1-2-4-16(15)11-14;/h5-6,11H,1-4,7-10,12-13,19H2,(H,20,21);1H. The van der Waals surface area contributed by atoms with E-state index in [4.69, 9.17) is 10.5 Å². The molecule has 1 fully saturated rings. The van der Waals surface area contributed by atoms with Crippen molar-refractivity contribution in [2.75, 3.05) is 19.8 Å². The first-order chi connectivity index (χ1) is 10.7. The molecule has 2 aliphatic rings. The third-order valence-electron chi connectivity index (χ3n) is 5.02. The van der Waals surface area contributed by atoms with Gasteiger partial charge in [-0.15, -0.1) is 12.4 Å². The fourth-order valence-corrected chi connectivity index (χ4v) is 3.56. The van der Waals surface area contributed by atoms with Crippen molar-refractivity contribution < 1.29 is 9.53 Å². The minimum Gasteiger partial charge on any atom is -0.381 e. The summed E-state index contributed by atoms with van der Waals surface area (Å²) in [6, 6.07) is 6.51. The van der Waals surface area contributed by atoms with Crippen molar-refractivity contribution in [2.24, 2.45) is 5.73 Å². The van der Waals surface area contributed by atoms with Gasteiger partial charge in [-0.1, -0.05) is 18.2 Å². The summed E-state index contributed by atoms with van der Waals surface area (Å²) in [5, 5.41) is 3.17.